The Bertz CT molecular complexity index is 375. The lowest BCUT2D eigenvalue weighted by molar-refractivity contribution is -0.137. The highest BCUT2D eigenvalue weighted by atomic mass is 16.5. The predicted octanol–water partition coefficient (Wildman–Crippen LogP) is 2.38. The SMILES string of the molecule is CCOc1ccc(C(CC(=O)O)C(N)CC)cc1. The molecule has 0 radical (unpaired) electrons. The first kappa shape index (κ1) is 14.5. The second-order valence-corrected chi connectivity index (χ2v) is 4.28. The van der Waals surface area contributed by atoms with E-state index in [0.717, 1.165) is 17.7 Å². The van der Waals surface area contributed by atoms with Crippen LogP contribution in [-0.4, -0.2) is 23.7 Å². The van der Waals surface area contributed by atoms with E-state index < -0.39 is 5.97 Å². The van der Waals surface area contributed by atoms with Crippen molar-refractivity contribution in [1.82, 2.24) is 0 Å². The van der Waals surface area contributed by atoms with E-state index in [-0.39, 0.29) is 18.4 Å². The van der Waals surface area contributed by atoms with Gasteiger partial charge >= 0.3 is 5.97 Å². The summed E-state index contributed by atoms with van der Waals surface area (Å²) in [6.07, 6.45) is 0.814. The summed E-state index contributed by atoms with van der Waals surface area (Å²) in [6, 6.07) is 7.37. The van der Waals surface area contributed by atoms with Crippen molar-refractivity contribution >= 4 is 5.97 Å². The third-order valence-electron chi connectivity index (χ3n) is 3.00. The summed E-state index contributed by atoms with van der Waals surface area (Å²) in [7, 11) is 0. The van der Waals surface area contributed by atoms with Gasteiger partial charge in [-0.1, -0.05) is 19.1 Å². The van der Waals surface area contributed by atoms with Crippen LogP contribution in [0, 0.1) is 0 Å². The van der Waals surface area contributed by atoms with Crippen molar-refractivity contribution in [1.29, 1.82) is 0 Å². The van der Waals surface area contributed by atoms with Crippen LogP contribution >= 0.6 is 0 Å². The van der Waals surface area contributed by atoms with Crippen LogP contribution in [0.2, 0.25) is 0 Å². The smallest absolute Gasteiger partial charge is 0.304 e. The van der Waals surface area contributed by atoms with Gasteiger partial charge in [0, 0.05) is 12.0 Å². The summed E-state index contributed by atoms with van der Waals surface area (Å²) < 4.78 is 5.36. The molecule has 0 aliphatic carbocycles. The van der Waals surface area contributed by atoms with E-state index >= 15 is 0 Å². The number of carbonyl (C=O) groups is 1. The molecule has 0 saturated heterocycles. The van der Waals surface area contributed by atoms with Crippen LogP contribution in [0.25, 0.3) is 0 Å². The maximum absolute atomic E-state index is 10.9. The van der Waals surface area contributed by atoms with Crippen LogP contribution in [0.3, 0.4) is 0 Å². The molecule has 0 aliphatic rings. The van der Waals surface area contributed by atoms with Crippen molar-refractivity contribution < 1.29 is 14.6 Å². The van der Waals surface area contributed by atoms with E-state index in [9.17, 15) is 4.79 Å². The van der Waals surface area contributed by atoms with Gasteiger partial charge in [0.05, 0.1) is 13.0 Å². The van der Waals surface area contributed by atoms with E-state index in [1.54, 1.807) is 0 Å². The minimum atomic E-state index is -0.821. The number of rotatable bonds is 7. The number of carboxylic acid groups (broad SMARTS) is 1. The zero-order valence-corrected chi connectivity index (χ0v) is 10.9. The molecule has 100 valence electrons. The minimum Gasteiger partial charge on any atom is -0.494 e. The van der Waals surface area contributed by atoms with Gasteiger partial charge in [-0.25, -0.2) is 0 Å². The van der Waals surface area contributed by atoms with Gasteiger partial charge < -0.3 is 15.6 Å². The molecule has 3 N–H and O–H groups in total. The summed E-state index contributed by atoms with van der Waals surface area (Å²) in [6.45, 7) is 4.51. The highest BCUT2D eigenvalue weighted by molar-refractivity contribution is 5.68. The van der Waals surface area contributed by atoms with Gasteiger partial charge in [-0.3, -0.25) is 4.79 Å². The molecule has 0 aliphatic heterocycles. The molecular weight excluding hydrogens is 230 g/mol. The highest BCUT2D eigenvalue weighted by Gasteiger charge is 2.21. The van der Waals surface area contributed by atoms with Gasteiger partial charge in [0.2, 0.25) is 0 Å². The molecule has 0 aromatic heterocycles. The molecule has 0 fully saturated rings. The fraction of sp³-hybridized carbons (Fsp3) is 0.500. The van der Waals surface area contributed by atoms with Crippen LogP contribution in [0.1, 0.15) is 38.2 Å². The first-order chi connectivity index (χ1) is 8.58. The lowest BCUT2D eigenvalue weighted by atomic mass is 9.87. The van der Waals surface area contributed by atoms with Crippen molar-refractivity contribution in [2.45, 2.75) is 38.6 Å². The quantitative estimate of drug-likeness (QED) is 0.780. The van der Waals surface area contributed by atoms with Gasteiger partial charge in [0.25, 0.3) is 0 Å². The largest absolute Gasteiger partial charge is 0.494 e. The van der Waals surface area contributed by atoms with E-state index in [0.29, 0.717) is 6.61 Å². The van der Waals surface area contributed by atoms with E-state index in [1.165, 1.54) is 0 Å². The van der Waals surface area contributed by atoms with Crippen LogP contribution in [0.5, 0.6) is 5.75 Å². The standard InChI is InChI=1S/C14H21NO3/c1-3-13(15)12(9-14(16)17)10-5-7-11(8-6-10)18-4-2/h5-8,12-13H,3-4,9,15H2,1-2H3,(H,16,17). The maximum Gasteiger partial charge on any atom is 0.304 e. The van der Waals surface area contributed by atoms with Crippen LogP contribution in [0.15, 0.2) is 24.3 Å². The van der Waals surface area contributed by atoms with Crippen molar-refractivity contribution in [3.63, 3.8) is 0 Å². The number of ether oxygens (including phenoxy) is 1. The molecule has 0 amide bonds. The summed E-state index contributed by atoms with van der Waals surface area (Å²) in [4.78, 5) is 10.9. The summed E-state index contributed by atoms with van der Waals surface area (Å²) in [5.74, 6) is -0.179. The fourth-order valence-electron chi connectivity index (χ4n) is 1.97. The van der Waals surface area contributed by atoms with Crippen LogP contribution in [0.4, 0.5) is 0 Å². The first-order valence-electron chi connectivity index (χ1n) is 6.28. The van der Waals surface area contributed by atoms with Crippen molar-refractivity contribution in [3.8, 4) is 5.75 Å². The van der Waals surface area contributed by atoms with Crippen molar-refractivity contribution in [3.05, 3.63) is 29.8 Å². The maximum atomic E-state index is 10.9. The topological polar surface area (TPSA) is 72.5 Å². The van der Waals surface area contributed by atoms with Gasteiger partial charge in [-0.15, -0.1) is 0 Å². The molecule has 0 bridgehead atoms. The number of hydrogen-bond acceptors (Lipinski definition) is 3. The number of hydrogen-bond donors (Lipinski definition) is 2. The Labute approximate surface area is 108 Å². The molecular formula is C14H21NO3. The Kier molecular flexibility index (Phi) is 5.65. The lowest BCUT2D eigenvalue weighted by Crippen LogP contribution is -2.29. The third-order valence-corrected chi connectivity index (χ3v) is 3.00. The third kappa shape index (κ3) is 4.04. The molecule has 0 spiro atoms. The molecule has 0 heterocycles. The molecule has 0 saturated carbocycles. The highest BCUT2D eigenvalue weighted by Crippen LogP contribution is 2.26. The molecule has 2 unspecified atom stereocenters. The molecule has 4 nitrogen and oxygen atoms in total. The summed E-state index contributed by atoms with van der Waals surface area (Å²) >= 11 is 0. The second kappa shape index (κ2) is 7.01. The number of carboxylic acids is 1. The molecule has 1 aromatic rings. The zero-order chi connectivity index (χ0) is 13.5. The summed E-state index contributed by atoms with van der Waals surface area (Å²) in [5.41, 5.74) is 6.95. The number of benzene rings is 1. The average molecular weight is 251 g/mol. The minimum absolute atomic E-state index is 0.0585. The molecule has 1 aromatic carbocycles. The number of aliphatic carboxylic acids is 1. The van der Waals surface area contributed by atoms with Crippen molar-refractivity contribution in [2.75, 3.05) is 6.61 Å². The Morgan fingerprint density at radius 1 is 1.33 bits per heavy atom. The normalized spacial score (nSPS) is 13.9. The monoisotopic (exact) mass is 251 g/mol. The first-order valence-corrected chi connectivity index (χ1v) is 6.28. The van der Waals surface area contributed by atoms with E-state index in [2.05, 4.69) is 0 Å². The Balaban J connectivity index is 2.87. The van der Waals surface area contributed by atoms with Crippen LogP contribution in [-0.2, 0) is 4.79 Å². The van der Waals surface area contributed by atoms with Gasteiger partial charge in [0.15, 0.2) is 0 Å². The Hall–Kier alpha value is -1.55. The Morgan fingerprint density at radius 2 is 1.94 bits per heavy atom. The lowest BCUT2D eigenvalue weighted by Gasteiger charge is -2.22. The molecule has 1 rings (SSSR count). The number of nitrogens with two attached hydrogens (primary N) is 1. The predicted molar refractivity (Wildman–Crippen MR) is 70.9 cm³/mol. The van der Waals surface area contributed by atoms with Gasteiger partial charge in [-0.05, 0) is 31.0 Å². The van der Waals surface area contributed by atoms with E-state index in [4.69, 9.17) is 15.6 Å². The zero-order valence-electron chi connectivity index (χ0n) is 10.9. The van der Waals surface area contributed by atoms with Crippen molar-refractivity contribution in [2.24, 2.45) is 5.73 Å². The summed E-state index contributed by atoms with van der Waals surface area (Å²) in [5, 5.41) is 8.95. The van der Waals surface area contributed by atoms with Gasteiger partial charge in [-0.2, -0.15) is 0 Å². The average Bonchev–Trinajstić information content (AvgIpc) is 2.36. The van der Waals surface area contributed by atoms with Crippen LogP contribution < -0.4 is 10.5 Å². The fourth-order valence-corrected chi connectivity index (χ4v) is 1.97. The van der Waals surface area contributed by atoms with E-state index in [1.807, 2.05) is 38.1 Å². The second-order valence-electron chi connectivity index (χ2n) is 4.28. The Morgan fingerprint density at radius 3 is 2.39 bits per heavy atom. The van der Waals surface area contributed by atoms with Gasteiger partial charge in [0.1, 0.15) is 5.75 Å². The molecule has 4 heteroatoms. The molecule has 2 atom stereocenters. The molecule has 18 heavy (non-hydrogen) atoms.